The first kappa shape index (κ1) is 13.6. The number of rotatable bonds is 4. The Morgan fingerprint density at radius 2 is 1.95 bits per heavy atom. The fraction of sp³-hybridized carbons (Fsp3) is 0.231. The van der Waals surface area contributed by atoms with Gasteiger partial charge in [-0.05, 0) is 33.6 Å². The average molecular weight is 324 g/mol. The molecule has 100 valence electrons. The van der Waals surface area contributed by atoms with Gasteiger partial charge in [0.2, 0.25) is 0 Å². The molecule has 6 heteroatoms. The average Bonchev–Trinajstić information content (AvgIpc) is 2.43. The molecule has 0 fully saturated rings. The molecule has 2 aromatic rings. The monoisotopic (exact) mass is 323 g/mol. The smallest absolute Gasteiger partial charge is 0.161 e. The van der Waals surface area contributed by atoms with Crippen molar-refractivity contribution in [3.8, 4) is 11.5 Å². The summed E-state index contributed by atoms with van der Waals surface area (Å²) in [4.78, 5) is 8.44. The van der Waals surface area contributed by atoms with Crippen LogP contribution in [0.5, 0.6) is 11.5 Å². The highest BCUT2D eigenvalue weighted by Gasteiger charge is 2.07. The van der Waals surface area contributed by atoms with Crippen LogP contribution in [-0.4, -0.2) is 24.2 Å². The Kier molecular flexibility index (Phi) is 4.21. The number of hydrogen-bond acceptors (Lipinski definition) is 5. The van der Waals surface area contributed by atoms with Crippen LogP contribution in [0.15, 0.2) is 28.9 Å². The van der Waals surface area contributed by atoms with E-state index in [-0.39, 0.29) is 0 Å². The van der Waals surface area contributed by atoms with Gasteiger partial charge >= 0.3 is 0 Å². The fourth-order valence-corrected chi connectivity index (χ4v) is 1.87. The predicted molar refractivity (Wildman–Crippen MR) is 76.5 cm³/mol. The number of aromatic nitrogens is 2. The van der Waals surface area contributed by atoms with Crippen molar-refractivity contribution in [2.75, 3.05) is 20.0 Å². The Labute approximate surface area is 119 Å². The van der Waals surface area contributed by atoms with Crippen LogP contribution >= 0.6 is 15.9 Å². The zero-order chi connectivity index (χ0) is 13.8. The molecule has 0 saturated heterocycles. The molecule has 0 aliphatic heterocycles. The Hall–Kier alpha value is -1.82. The van der Waals surface area contributed by atoms with Crippen molar-refractivity contribution < 1.29 is 9.47 Å². The van der Waals surface area contributed by atoms with Gasteiger partial charge in [-0.3, -0.25) is 0 Å². The van der Waals surface area contributed by atoms with Crippen LogP contribution in [0.3, 0.4) is 0 Å². The van der Waals surface area contributed by atoms with Crippen LogP contribution in [0.4, 0.5) is 5.82 Å². The van der Waals surface area contributed by atoms with Gasteiger partial charge in [0.05, 0.1) is 18.7 Å². The number of hydrogen-bond donors (Lipinski definition) is 1. The maximum absolute atomic E-state index is 5.73. The molecule has 0 aliphatic carbocycles. The quantitative estimate of drug-likeness (QED) is 0.935. The van der Waals surface area contributed by atoms with Gasteiger partial charge in [0.1, 0.15) is 11.6 Å². The Morgan fingerprint density at radius 3 is 2.58 bits per heavy atom. The summed E-state index contributed by atoms with van der Waals surface area (Å²) in [6, 6.07) is 5.71. The second-order valence-corrected chi connectivity index (χ2v) is 4.74. The van der Waals surface area contributed by atoms with Crippen LogP contribution in [0.2, 0.25) is 0 Å². The molecule has 0 saturated carbocycles. The first-order chi connectivity index (χ1) is 9.13. The molecule has 0 atom stereocenters. The summed E-state index contributed by atoms with van der Waals surface area (Å²) in [6.45, 7) is 0. The Balaban J connectivity index is 2.25. The number of ether oxygens (including phenoxy) is 2. The molecule has 19 heavy (non-hydrogen) atoms. The van der Waals surface area contributed by atoms with Crippen LogP contribution in [0.25, 0.3) is 0 Å². The lowest BCUT2D eigenvalue weighted by molar-refractivity contribution is 0.354. The van der Waals surface area contributed by atoms with E-state index in [9.17, 15) is 0 Å². The number of anilines is 1. The van der Waals surface area contributed by atoms with E-state index in [1.165, 1.54) is 0 Å². The fourth-order valence-electron chi connectivity index (χ4n) is 1.68. The maximum Gasteiger partial charge on any atom is 0.161 e. The standard InChI is InChI=1S/C13H14BrN3O2/c1-18-10-4-3-8(5-11(10)19-2)6-12-16-7-9(14)13(15)17-12/h3-5,7H,6H2,1-2H3,(H2,15,16,17). The number of nitrogens with two attached hydrogens (primary N) is 1. The maximum atomic E-state index is 5.73. The van der Waals surface area contributed by atoms with Gasteiger partial charge in [0, 0.05) is 12.6 Å². The lowest BCUT2D eigenvalue weighted by atomic mass is 10.1. The number of methoxy groups -OCH3 is 2. The molecule has 2 N–H and O–H groups in total. The zero-order valence-electron chi connectivity index (χ0n) is 10.7. The molecular formula is C13H14BrN3O2. The van der Waals surface area contributed by atoms with Crippen molar-refractivity contribution in [1.29, 1.82) is 0 Å². The highest BCUT2D eigenvalue weighted by atomic mass is 79.9. The van der Waals surface area contributed by atoms with Gasteiger partial charge in [0.15, 0.2) is 11.5 Å². The van der Waals surface area contributed by atoms with E-state index < -0.39 is 0 Å². The normalized spacial score (nSPS) is 10.3. The molecule has 0 amide bonds. The summed E-state index contributed by atoms with van der Waals surface area (Å²) in [5.74, 6) is 2.48. The van der Waals surface area contributed by atoms with Gasteiger partial charge in [-0.15, -0.1) is 0 Å². The lowest BCUT2D eigenvalue weighted by Gasteiger charge is -2.09. The SMILES string of the molecule is COc1ccc(Cc2ncc(Br)c(N)n2)cc1OC. The van der Waals surface area contributed by atoms with Gasteiger partial charge in [0.25, 0.3) is 0 Å². The lowest BCUT2D eigenvalue weighted by Crippen LogP contribution is -2.01. The molecule has 5 nitrogen and oxygen atoms in total. The van der Waals surface area contributed by atoms with E-state index in [4.69, 9.17) is 15.2 Å². The number of nitrogen functional groups attached to an aromatic ring is 1. The molecular weight excluding hydrogens is 310 g/mol. The first-order valence-corrected chi connectivity index (χ1v) is 6.41. The van der Waals surface area contributed by atoms with Gasteiger partial charge in [-0.25, -0.2) is 9.97 Å². The van der Waals surface area contributed by atoms with E-state index in [2.05, 4.69) is 25.9 Å². The van der Waals surface area contributed by atoms with E-state index in [1.54, 1.807) is 20.4 Å². The van der Waals surface area contributed by atoms with Crippen molar-refractivity contribution in [1.82, 2.24) is 9.97 Å². The van der Waals surface area contributed by atoms with Crippen LogP contribution in [-0.2, 0) is 6.42 Å². The minimum atomic E-state index is 0.436. The zero-order valence-corrected chi connectivity index (χ0v) is 12.3. The molecule has 1 aromatic carbocycles. The van der Waals surface area contributed by atoms with E-state index in [0.29, 0.717) is 34.0 Å². The van der Waals surface area contributed by atoms with E-state index in [1.807, 2.05) is 18.2 Å². The number of halogens is 1. The minimum Gasteiger partial charge on any atom is -0.493 e. The molecule has 1 aromatic heterocycles. The first-order valence-electron chi connectivity index (χ1n) is 5.62. The van der Waals surface area contributed by atoms with Gasteiger partial charge in [-0.1, -0.05) is 6.07 Å². The summed E-state index contributed by atoms with van der Waals surface area (Å²) < 4.78 is 11.2. The Bertz CT molecular complexity index is 590. The van der Waals surface area contributed by atoms with E-state index in [0.717, 1.165) is 5.56 Å². The second-order valence-electron chi connectivity index (χ2n) is 3.89. The molecule has 0 aliphatic rings. The van der Waals surface area contributed by atoms with Crippen LogP contribution < -0.4 is 15.2 Å². The molecule has 0 bridgehead atoms. The molecule has 1 heterocycles. The van der Waals surface area contributed by atoms with Gasteiger partial charge in [-0.2, -0.15) is 0 Å². The van der Waals surface area contributed by atoms with Crippen LogP contribution in [0, 0.1) is 0 Å². The highest BCUT2D eigenvalue weighted by Crippen LogP contribution is 2.28. The van der Waals surface area contributed by atoms with Crippen molar-refractivity contribution >= 4 is 21.7 Å². The highest BCUT2D eigenvalue weighted by molar-refractivity contribution is 9.10. The van der Waals surface area contributed by atoms with Gasteiger partial charge < -0.3 is 15.2 Å². The third-order valence-corrected chi connectivity index (χ3v) is 3.24. The Morgan fingerprint density at radius 1 is 1.21 bits per heavy atom. The summed E-state index contributed by atoms with van der Waals surface area (Å²) in [7, 11) is 3.21. The van der Waals surface area contributed by atoms with Crippen molar-refractivity contribution in [3.63, 3.8) is 0 Å². The summed E-state index contributed by atoms with van der Waals surface area (Å²) in [6.07, 6.45) is 2.23. The molecule has 0 radical (unpaired) electrons. The molecule has 0 spiro atoms. The number of benzene rings is 1. The third kappa shape index (κ3) is 3.14. The summed E-state index contributed by atoms with van der Waals surface area (Å²) >= 11 is 3.27. The van der Waals surface area contributed by atoms with Crippen molar-refractivity contribution in [2.24, 2.45) is 0 Å². The van der Waals surface area contributed by atoms with Crippen molar-refractivity contribution in [3.05, 3.63) is 40.3 Å². The van der Waals surface area contributed by atoms with E-state index >= 15 is 0 Å². The second kappa shape index (κ2) is 5.88. The minimum absolute atomic E-state index is 0.436. The summed E-state index contributed by atoms with van der Waals surface area (Å²) in [5.41, 5.74) is 6.76. The molecule has 0 unspecified atom stereocenters. The van der Waals surface area contributed by atoms with Crippen LogP contribution in [0.1, 0.15) is 11.4 Å². The summed E-state index contributed by atoms with van der Waals surface area (Å²) in [5, 5.41) is 0. The number of nitrogens with zero attached hydrogens (tertiary/aromatic N) is 2. The molecule has 2 rings (SSSR count). The van der Waals surface area contributed by atoms with Crippen molar-refractivity contribution in [2.45, 2.75) is 6.42 Å². The third-order valence-electron chi connectivity index (χ3n) is 2.63. The predicted octanol–water partition coefficient (Wildman–Crippen LogP) is 2.43. The largest absolute Gasteiger partial charge is 0.493 e. The topological polar surface area (TPSA) is 70.3 Å².